The summed E-state index contributed by atoms with van der Waals surface area (Å²) in [4.78, 5) is 16.8. The number of benzene rings is 1. The lowest BCUT2D eigenvalue weighted by molar-refractivity contribution is 0.0424. The number of piperazine rings is 1. The number of nitrogens with zero attached hydrogens (tertiary/aromatic N) is 4. The predicted molar refractivity (Wildman–Crippen MR) is 83.2 cm³/mol. The highest BCUT2D eigenvalue weighted by atomic mass is 16.2. The number of aromatic amines is 1. The summed E-state index contributed by atoms with van der Waals surface area (Å²) in [5.74, 6) is -0.0278. The Morgan fingerprint density at radius 1 is 1.32 bits per heavy atom. The maximum atomic E-state index is 12.5. The zero-order valence-corrected chi connectivity index (χ0v) is 12.8. The SMILES string of the molecule is CC[C@H]1CN(Cc2ccccc2)CCN1C(=O)c1cn[nH]n1. The van der Waals surface area contributed by atoms with Crippen LogP contribution in [0, 0.1) is 0 Å². The van der Waals surface area contributed by atoms with E-state index in [4.69, 9.17) is 0 Å². The summed E-state index contributed by atoms with van der Waals surface area (Å²) in [5.41, 5.74) is 1.71. The van der Waals surface area contributed by atoms with Gasteiger partial charge in [0.2, 0.25) is 0 Å². The van der Waals surface area contributed by atoms with Gasteiger partial charge in [-0.3, -0.25) is 9.69 Å². The zero-order valence-electron chi connectivity index (χ0n) is 12.8. The van der Waals surface area contributed by atoms with E-state index in [0.29, 0.717) is 5.69 Å². The van der Waals surface area contributed by atoms with Gasteiger partial charge < -0.3 is 4.90 Å². The molecule has 1 aromatic heterocycles. The van der Waals surface area contributed by atoms with Crippen molar-refractivity contribution in [3.8, 4) is 0 Å². The summed E-state index contributed by atoms with van der Waals surface area (Å²) < 4.78 is 0. The van der Waals surface area contributed by atoms with Crippen molar-refractivity contribution in [1.29, 1.82) is 0 Å². The molecule has 0 bridgehead atoms. The molecule has 2 heterocycles. The van der Waals surface area contributed by atoms with Gasteiger partial charge in [0.25, 0.3) is 5.91 Å². The Labute approximate surface area is 130 Å². The molecule has 0 radical (unpaired) electrons. The van der Waals surface area contributed by atoms with Crippen LogP contribution in [0.15, 0.2) is 36.5 Å². The fourth-order valence-electron chi connectivity index (χ4n) is 2.97. The summed E-state index contributed by atoms with van der Waals surface area (Å²) in [6.45, 7) is 5.57. The van der Waals surface area contributed by atoms with E-state index in [1.165, 1.54) is 11.8 Å². The van der Waals surface area contributed by atoms with Gasteiger partial charge in [-0.2, -0.15) is 15.4 Å². The molecule has 1 aromatic carbocycles. The maximum absolute atomic E-state index is 12.5. The third kappa shape index (κ3) is 3.17. The molecule has 1 atom stereocenters. The largest absolute Gasteiger partial charge is 0.332 e. The Morgan fingerprint density at radius 3 is 2.82 bits per heavy atom. The number of amides is 1. The van der Waals surface area contributed by atoms with Crippen molar-refractivity contribution >= 4 is 5.91 Å². The molecule has 2 aromatic rings. The molecule has 0 spiro atoms. The average molecular weight is 299 g/mol. The summed E-state index contributed by atoms with van der Waals surface area (Å²) in [7, 11) is 0. The molecule has 6 heteroatoms. The van der Waals surface area contributed by atoms with Crippen LogP contribution < -0.4 is 0 Å². The molecular weight excluding hydrogens is 278 g/mol. The monoisotopic (exact) mass is 299 g/mol. The minimum absolute atomic E-state index is 0.0278. The topological polar surface area (TPSA) is 65.1 Å². The highest BCUT2D eigenvalue weighted by molar-refractivity contribution is 5.92. The van der Waals surface area contributed by atoms with E-state index >= 15 is 0 Å². The zero-order chi connectivity index (χ0) is 15.4. The highest BCUT2D eigenvalue weighted by Crippen LogP contribution is 2.17. The Morgan fingerprint density at radius 2 is 2.14 bits per heavy atom. The van der Waals surface area contributed by atoms with Crippen LogP contribution in [0.1, 0.15) is 29.4 Å². The third-order valence-electron chi connectivity index (χ3n) is 4.18. The van der Waals surface area contributed by atoms with E-state index in [1.54, 1.807) is 0 Å². The molecule has 1 amide bonds. The second kappa shape index (κ2) is 6.70. The predicted octanol–water partition coefficient (Wildman–Crippen LogP) is 1.54. The van der Waals surface area contributed by atoms with Gasteiger partial charge in [0.15, 0.2) is 5.69 Å². The van der Waals surface area contributed by atoms with Crippen LogP contribution in [0.4, 0.5) is 0 Å². The van der Waals surface area contributed by atoms with Gasteiger partial charge in [-0.15, -0.1) is 0 Å². The molecule has 3 rings (SSSR count). The van der Waals surface area contributed by atoms with Crippen LogP contribution >= 0.6 is 0 Å². The first-order valence-electron chi connectivity index (χ1n) is 7.71. The molecule has 6 nitrogen and oxygen atoms in total. The van der Waals surface area contributed by atoms with Gasteiger partial charge in [0.1, 0.15) is 0 Å². The van der Waals surface area contributed by atoms with Gasteiger partial charge in [-0.1, -0.05) is 37.3 Å². The normalized spacial score (nSPS) is 19.3. The van der Waals surface area contributed by atoms with Crippen LogP contribution in [-0.4, -0.2) is 56.8 Å². The molecule has 22 heavy (non-hydrogen) atoms. The number of aromatic nitrogens is 3. The van der Waals surface area contributed by atoms with E-state index < -0.39 is 0 Å². The number of H-pyrrole nitrogens is 1. The molecule has 0 saturated carbocycles. The molecule has 1 aliphatic rings. The lowest BCUT2D eigenvalue weighted by Crippen LogP contribution is -2.54. The van der Waals surface area contributed by atoms with Crippen molar-refractivity contribution in [3.63, 3.8) is 0 Å². The standard InChI is InChI=1S/C16H21N5O/c1-2-14-12-20(11-13-6-4-3-5-7-13)8-9-21(14)16(22)15-10-17-19-18-15/h3-7,10,14H,2,8-9,11-12H2,1H3,(H,17,18,19)/t14-/m0/s1. The van der Waals surface area contributed by atoms with E-state index in [1.807, 2.05) is 11.0 Å². The number of rotatable bonds is 4. The van der Waals surface area contributed by atoms with Crippen LogP contribution in [-0.2, 0) is 6.54 Å². The van der Waals surface area contributed by atoms with Crippen molar-refractivity contribution in [2.45, 2.75) is 25.9 Å². The van der Waals surface area contributed by atoms with E-state index in [9.17, 15) is 4.79 Å². The lowest BCUT2D eigenvalue weighted by atomic mass is 10.1. The van der Waals surface area contributed by atoms with Gasteiger partial charge in [0, 0.05) is 32.2 Å². The van der Waals surface area contributed by atoms with Crippen LogP contribution in [0.2, 0.25) is 0 Å². The number of hydrogen-bond acceptors (Lipinski definition) is 4. The molecule has 0 aliphatic carbocycles. The molecule has 1 aliphatic heterocycles. The highest BCUT2D eigenvalue weighted by Gasteiger charge is 2.30. The van der Waals surface area contributed by atoms with Gasteiger partial charge in [-0.25, -0.2) is 0 Å². The van der Waals surface area contributed by atoms with E-state index in [2.05, 4.69) is 51.5 Å². The van der Waals surface area contributed by atoms with Crippen LogP contribution in [0.5, 0.6) is 0 Å². The molecule has 1 fully saturated rings. The van der Waals surface area contributed by atoms with Gasteiger partial charge in [0.05, 0.1) is 6.20 Å². The number of hydrogen-bond donors (Lipinski definition) is 1. The summed E-state index contributed by atoms with van der Waals surface area (Å²) >= 11 is 0. The quantitative estimate of drug-likeness (QED) is 0.930. The van der Waals surface area contributed by atoms with Gasteiger partial charge >= 0.3 is 0 Å². The number of nitrogens with one attached hydrogen (secondary N) is 1. The maximum Gasteiger partial charge on any atom is 0.276 e. The first-order valence-corrected chi connectivity index (χ1v) is 7.71. The van der Waals surface area contributed by atoms with Crippen molar-refractivity contribution in [2.24, 2.45) is 0 Å². The van der Waals surface area contributed by atoms with E-state index in [-0.39, 0.29) is 11.9 Å². The third-order valence-corrected chi connectivity index (χ3v) is 4.18. The fourth-order valence-corrected chi connectivity index (χ4v) is 2.97. The smallest absolute Gasteiger partial charge is 0.276 e. The Bertz CT molecular complexity index is 598. The lowest BCUT2D eigenvalue weighted by Gasteiger charge is -2.41. The van der Waals surface area contributed by atoms with Gasteiger partial charge in [-0.05, 0) is 12.0 Å². The average Bonchev–Trinajstić information content (AvgIpc) is 3.09. The molecule has 1 saturated heterocycles. The Hall–Kier alpha value is -2.21. The van der Waals surface area contributed by atoms with Crippen molar-refractivity contribution in [1.82, 2.24) is 25.2 Å². The summed E-state index contributed by atoms with van der Waals surface area (Å²) in [6.07, 6.45) is 2.43. The second-order valence-corrected chi connectivity index (χ2v) is 5.64. The number of carbonyl (C=O) groups excluding carboxylic acids is 1. The molecule has 0 unspecified atom stereocenters. The minimum Gasteiger partial charge on any atom is -0.332 e. The molecular formula is C16H21N5O. The van der Waals surface area contributed by atoms with Crippen LogP contribution in [0.25, 0.3) is 0 Å². The van der Waals surface area contributed by atoms with Crippen molar-refractivity contribution < 1.29 is 4.79 Å². The van der Waals surface area contributed by atoms with E-state index in [0.717, 1.165) is 32.6 Å². The Kier molecular flexibility index (Phi) is 4.48. The summed E-state index contributed by atoms with van der Waals surface area (Å²) in [6, 6.07) is 10.7. The molecule has 1 N–H and O–H groups in total. The fraction of sp³-hybridized carbons (Fsp3) is 0.438. The Balaban J connectivity index is 1.65. The summed E-state index contributed by atoms with van der Waals surface area (Å²) in [5, 5.41) is 10.1. The molecule has 116 valence electrons. The minimum atomic E-state index is -0.0278. The van der Waals surface area contributed by atoms with Crippen LogP contribution in [0.3, 0.4) is 0 Å². The first kappa shape index (κ1) is 14.7. The first-order chi connectivity index (χ1) is 10.8. The van der Waals surface area contributed by atoms with Crippen molar-refractivity contribution in [2.75, 3.05) is 19.6 Å². The number of carbonyl (C=O) groups is 1. The second-order valence-electron chi connectivity index (χ2n) is 5.64. The van der Waals surface area contributed by atoms with Crippen molar-refractivity contribution in [3.05, 3.63) is 47.8 Å².